The number of nitrogens with one attached hydrogen (secondary N) is 2. The fraction of sp³-hybridized carbons (Fsp3) is 0.458. The van der Waals surface area contributed by atoms with Crippen LogP contribution in [0.3, 0.4) is 0 Å². The molecule has 1 fully saturated rings. The van der Waals surface area contributed by atoms with Gasteiger partial charge in [-0.2, -0.15) is 0 Å². The molecule has 1 aliphatic rings. The standard InChI is InChI=1S/C24H32N4O4/c1-16(2)27-24(30)28-14-18(17-8-9-21(31-3)22(12-17)32-4)11-19(15-28)23(29)26-13-20-7-5-6-10-25-20/h5-10,12,16,18-19H,11,13-15H2,1-4H3,(H,26,29)(H,27,30). The molecular formula is C24H32N4O4. The maximum absolute atomic E-state index is 13.0. The van der Waals surface area contributed by atoms with Crippen LogP contribution in [-0.2, 0) is 11.3 Å². The summed E-state index contributed by atoms with van der Waals surface area (Å²) >= 11 is 0. The first-order chi connectivity index (χ1) is 15.4. The third-order valence-corrected chi connectivity index (χ3v) is 5.57. The summed E-state index contributed by atoms with van der Waals surface area (Å²) in [7, 11) is 3.19. The van der Waals surface area contributed by atoms with Crippen molar-refractivity contribution in [3.05, 3.63) is 53.9 Å². The van der Waals surface area contributed by atoms with Crippen molar-refractivity contribution in [3.8, 4) is 11.5 Å². The Hall–Kier alpha value is -3.29. The minimum absolute atomic E-state index is 0.00734. The van der Waals surface area contributed by atoms with E-state index in [0.717, 1.165) is 11.3 Å². The molecule has 32 heavy (non-hydrogen) atoms. The van der Waals surface area contributed by atoms with Gasteiger partial charge in [0.1, 0.15) is 0 Å². The molecule has 0 spiro atoms. The zero-order valence-corrected chi connectivity index (χ0v) is 19.1. The van der Waals surface area contributed by atoms with Crippen LogP contribution in [0.2, 0.25) is 0 Å². The molecule has 8 heteroatoms. The minimum Gasteiger partial charge on any atom is -0.493 e. The largest absolute Gasteiger partial charge is 0.493 e. The lowest BCUT2D eigenvalue weighted by Gasteiger charge is -2.38. The average Bonchev–Trinajstić information content (AvgIpc) is 2.81. The number of urea groups is 1. The number of piperidine rings is 1. The number of hydrogen-bond acceptors (Lipinski definition) is 5. The highest BCUT2D eigenvalue weighted by Gasteiger charge is 2.35. The number of nitrogens with zero attached hydrogens (tertiary/aromatic N) is 2. The summed E-state index contributed by atoms with van der Waals surface area (Å²) in [5.41, 5.74) is 1.80. The first kappa shape index (κ1) is 23.4. The van der Waals surface area contributed by atoms with Crippen LogP contribution in [0.4, 0.5) is 4.79 Å². The quantitative estimate of drug-likeness (QED) is 0.691. The summed E-state index contributed by atoms with van der Waals surface area (Å²) in [5, 5.41) is 5.92. The Labute approximate surface area is 189 Å². The third-order valence-electron chi connectivity index (χ3n) is 5.57. The maximum Gasteiger partial charge on any atom is 0.317 e. The van der Waals surface area contributed by atoms with E-state index in [2.05, 4.69) is 15.6 Å². The summed E-state index contributed by atoms with van der Waals surface area (Å²) in [4.78, 5) is 31.8. The summed E-state index contributed by atoms with van der Waals surface area (Å²) in [5.74, 6) is 0.856. The fourth-order valence-electron chi connectivity index (χ4n) is 3.97. The van der Waals surface area contributed by atoms with Crippen molar-refractivity contribution in [2.75, 3.05) is 27.3 Å². The lowest BCUT2D eigenvalue weighted by atomic mass is 9.84. The van der Waals surface area contributed by atoms with Crippen molar-refractivity contribution >= 4 is 11.9 Å². The van der Waals surface area contributed by atoms with Crippen LogP contribution in [0.15, 0.2) is 42.6 Å². The van der Waals surface area contributed by atoms with E-state index in [4.69, 9.17) is 9.47 Å². The molecule has 2 aromatic rings. The van der Waals surface area contributed by atoms with Crippen LogP contribution in [0.25, 0.3) is 0 Å². The lowest BCUT2D eigenvalue weighted by molar-refractivity contribution is -0.126. The number of methoxy groups -OCH3 is 2. The molecule has 3 amide bonds. The van der Waals surface area contributed by atoms with Crippen LogP contribution in [0.5, 0.6) is 11.5 Å². The number of benzene rings is 1. The predicted molar refractivity (Wildman–Crippen MR) is 122 cm³/mol. The van der Waals surface area contributed by atoms with Crippen molar-refractivity contribution in [1.82, 2.24) is 20.5 Å². The Morgan fingerprint density at radius 1 is 1.12 bits per heavy atom. The number of aromatic nitrogens is 1. The van der Waals surface area contributed by atoms with Gasteiger partial charge in [0.15, 0.2) is 11.5 Å². The number of carbonyl (C=O) groups is 2. The molecule has 0 bridgehead atoms. The molecule has 1 saturated heterocycles. The first-order valence-corrected chi connectivity index (χ1v) is 10.9. The van der Waals surface area contributed by atoms with Crippen molar-refractivity contribution < 1.29 is 19.1 Å². The Balaban J connectivity index is 1.79. The van der Waals surface area contributed by atoms with Gasteiger partial charge in [0.25, 0.3) is 0 Å². The number of pyridine rings is 1. The maximum atomic E-state index is 13.0. The highest BCUT2D eigenvalue weighted by molar-refractivity contribution is 5.81. The van der Waals surface area contributed by atoms with E-state index < -0.39 is 0 Å². The Morgan fingerprint density at radius 3 is 2.56 bits per heavy atom. The molecule has 2 unspecified atom stereocenters. The van der Waals surface area contributed by atoms with Gasteiger partial charge in [-0.05, 0) is 50.1 Å². The molecule has 1 aliphatic heterocycles. The molecule has 2 N–H and O–H groups in total. The van der Waals surface area contributed by atoms with Gasteiger partial charge >= 0.3 is 6.03 Å². The van der Waals surface area contributed by atoms with Crippen LogP contribution in [0.1, 0.15) is 37.4 Å². The second-order valence-electron chi connectivity index (χ2n) is 8.29. The second kappa shape index (κ2) is 10.8. The van der Waals surface area contributed by atoms with Gasteiger partial charge in [0.2, 0.25) is 5.91 Å². The topological polar surface area (TPSA) is 92.8 Å². The summed E-state index contributed by atoms with van der Waals surface area (Å²) in [6.45, 7) is 5.10. The lowest BCUT2D eigenvalue weighted by Crippen LogP contribution is -2.52. The van der Waals surface area contributed by atoms with E-state index in [1.165, 1.54) is 0 Å². The summed E-state index contributed by atoms with van der Waals surface area (Å²) in [6, 6.07) is 11.2. The Bertz CT molecular complexity index is 919. The van der Waals surface area contributed by atoms with Gasteiger partial charge in [-0.25, -0.2) is 4.79 Å². The molecule has 2 heterocycles. The Kier molecular flexibility index (Phi) is 7.92. The van der Waals surface area contributed by atoms with Gasteiger partial charge < -0.3 is 25.0 Å². The van der Waals surface area contributed by atoms with Crippen molar-refractivity contribution in [2.45, 2.75) is 38.8 Å². The molecule has 3 rings (SSSR count). The molecule has 172 valence electrons. The van der Waals surface area contributed by atoms with Crippen molar-refractivity contribution in [3.63, 3.8) is 0 Å². The summed E-state index contributed by atoms with van der Waals surface area (Å²) in [6.07, 6.45) is 2.34. The zero-order chi connectivity index (χ0) is 23.1. The van der Waals surface area contributed by atoms with Gasteiger partial charge in [-0.1, -0.05) is 12.1 Å². The molecule has 2 atom stereocenters. The van der Waals surface area contributed by atoms with Gasteiger partial charge in [-0.15, -0.1) is 0 Å². The number of likely N-dealkylation sites (tertiary alicyclic amines) is 1. The molecule has 0 saturated carbocycles. The normalized spacial score (nSPS) is 18.2. The van der Waals surface area contributed by atoms with E-state index in [0.29, 0.717) is 37.6 Å². The van der Waals surface area contributed by atoms with Gasteiger partial charge in [0.05, 0.1) is 32.4 Å². The van der Waals surface area contributed by atoms with E-state index >= 15 is 0 Å². The number of hydrogen-bond donors (Lipinski definition) is 2. The number of carbonyl (C=O) groups excluding carboxylic acids is 2. The predicted octanol–water partition coefficient (Wildman–Crippen LogP) is 2.94. The highest BCUT2D eigenvalue weighted by Crippen LogP contribution is 2.35. The smallest absolute Gasteiger partial charge is 0.317 e. The molecule has 1 aromatic heterocycles. The third kappa shape index (κ3) is 5.90. The van der Waals surface area contributed by atoms with Crippen LogP contribution in [0, 0.1) is 5.92 Å². The summed E-state index contributed by atoms with van der Waals surface area (Å²) < 4.78 is 10.8. The van der Waals surface area contributed by atoms with Crippen LogP contribution in [-0.4, -0.2) is 55.2 Å². The van der Waals surface area contributed by atoms with E-state index in [-0.39, 0.29) is 29.8 Å². The number of amides is 3. The number of rotatable bonds is 7. The molecule has 1 aromatic carbocycles. The van der Waals surface area contributed by atoms with E-state index in [9.17, 15) is 9.59 Å². The van der Waals surface area contributed by atoms with Crippen molar-refractivity contribution in [1.29, 1.82) is 0 Å². The molecule has 8 nitrogen and oxygen atoms in total. The monoisotopic (exact) mass is 440 g/mol. The van der Waals surface area contributed by atoms with Crippen molar-refractivity contribution in [2.24, 2.45) is 5.92 Å². The minimum atomic E-state index is -0.330. The van der Waals surface area contributed by atoms with Crippen LogP contribution < -0.4 is 20.1 Å². The second-order valence-corrected chi connectivity index (χ2v) is 8.29. The van der Waals surface area contributed by atoms with E-state index in [1.54, 1.807) is 25.3 Å². The highest BCUT2D eigenvalue weighted by atomic mass is 16.5. The Morgan fingerprint density at radius 2 is 1.91 bits per heavy atom. The zero-order valence-electron chi connectivity index (χ0n) is 19.1. The van der Waals surface area contributed by atoms with Gasteiger partial charge in [0, 0.05) is 31.2 Å². The molecule has 0 aliphatic carbocycles. The van der Waals surface area contributed by atoms with Crippen LogP contribution >= 0.6 is 0 Å². The SMILES string of the molecule is COc1ccc(C2CC(C(=O)NCc3ccccn3)CN(C(=O)NC(C)C)C2)cc1OC. The molecule has 0 radical (unpaired) electrons. The first-order valence-electron chi connectivity index (χ1n) is 10.9. The average molecular weight is 441 g/mol. The number of ether oxygens (including phenoxy) is 2. The fourth-order valence-corrected chi connectivity index (χ4v) is 3.97. The van der Waals surface area contributed by atoms with Gasteiger partial charge in [-0.3, -0.25) is 9.78 Å². The molecular weight excluding hydrogens is 408 g/mol. The van der Waals surface area contributed by atoms with E-state index in [1.807, 2.05) is 50.2 Å².